The number of aryl methyl sites for hydroxylation is 1. The van der Waals surface area contributed by atoms with E-state index in [1.165, 1.54) is 17.7 Å². The van der Waals surface area contributed by atoms with E-state index >= 15 is 0 Å². The number of benzene rings is 4. The lowest BCUT2D eigenvalue weighted by Crippen LogP contribution is -2.26. The van der Waals surface area contributed by atoms with Crippen molar-refractivity contribution in [3.8, 4) is 22.3 Å². The first-order valence-corrected chi connectivity index (χ1v) is 12.0. The molecule has 0 aliphatic carbocycles. The molecule has 184 valence electrons. The summed E-state index contributed by atoms with van der Waals surface area (Å²) in [4.78, 5) is 12.1. The molecule has 0 saturated carbocycles. The molecule has 1 saturated heterocycles. The molecule has 1 aliphatic heterocycles. The number of nitrogens with one attached hydrogen (secondary N) is 1. The molecule has 0 radical (unpaired) electrons. The Kier molecular flexibility index (Phi) is 6.31. The molecule has 36 heavy (non-hydrogen) atoms. The number of hydrogen-bond acceptors (Lipinski definition) is 2. The van der Waals surface area contributed by atoms with Gasteiger partial charge in [0.1, 0.15) is 0 Å². The maximum Gasteiger partial charge on any atom is 0.416 e. The Morgan fingerprint density at radius 3 is 2.06 bits per heavy atom. The van der Waals surface area contributed by atoms with Gasteiger partial charge in [0.05, 0.1) is 11.1 Å². The van der Waals surface area contributed by atoms with E-state index in [1.54, 1.807) is 13.0 Å². The number of alkyl halides is 3. The van der Waals surface area contributed by atoms with Crippen LogP contribution in [0.1, 0.15) is 45.8 Å². The standard InChI is InChI=1S/C30H26F3NO2/c1-18-26-16-23(20-6-9-24(10-7-20)30(31,32)33)8-11-25(26)28(17-27(18)29(35)36)22-4-2-19(3-5-22)21-12-14-34-15-13-21/h2-11,16-17,21,34H,12-15H2,1H3,(H,35,36). The van der Waals surface area contributed by atoms with E-state index in [0.29, 0.717) is 17.0 Å². The van der Waals surface area contributed by atoms with E-state index < -0.39 is 17.7 Å². The third-order valence-electron chi connectivity index (χ3n) is 7.21. The van der Waals surface area contributed by atoms with E-state index in [4.69, 9.17) is 0 Å². The number of carboxylic acid groups (broad SMARTS) is 1. The number of halogens is 3. The minimum absolute atomic E-state index is 0.213. The van der Waals surface area contributed by atoms with E-state index in [-0.39, 0.29) is 5.56 Å². The summed E-state index contributed by atoms with van der Waals surface area (Å²) in [5.74, 6) is -0.488. The van der Waals surface area contributed by atoms with Gasteiger partial charge in [-0.1, -0.05) is 48.5 Å². The molecule has 1 heterocycles. The van der Waals surface area contributed by atoms with E-state index in [0.717, 1.165) is 65.5 Å². The van der Waals surface area contributed by atoms with Crippen LogP contribution in [0.2, 0.25) is 0 Å². The second-order valence-electron chi connectivity index (χ2n) is 9.38. The number of carbonyl (C=O) groups is 1. The summed E-state index contributed by atoms with van der Waals surface area (Å²) in [7, 11) is 0. The van der Waals surface area contributed by atoms with Gasteiger partial charge in [0.2, 0.25) is 0 Å². The van der Waals surface area contributed by atoms with Crippen LogP contribution in [0.3, 0.4) is 0 Å². The Labute approximate surface area is 207 Å². The van der Waals surface area contributed by atoms with Crippen LogP contribution in [-0.2, 0) is 6.18 Å². The summed E-state index contributed by atoms with van der Waals surface area (Å²) in [6, 6.07) is 20.8. The Bertz CT molecular complexity index is 1420. The molecule has 0 atom stereocenters. The molecule has 1 fully saturated rings. The summed E-state index contributed by atoms with van der Waals surface area (Å²) in [6.45, 7) is 3.79. The Morgan fingerprint density at radius 2 is 1.44 bits per heavy atom. The average Bonchev–Trinajstić information content (AvgIpc) is 2.89. The van der Waals surface area contributed by atoms with Crippen LogP contribution in [0.15, 0.2) is 72.8 Å². The van der Waals surface area contributed by atoms with Crippen molar-refractivity contribution in [2.24, 2.45) is 0 Å². The lowest BCUT2D eigenvalue weighted by atomic mass is 9.87. The van der Waals surface area contributed by atoms with Gasteiger partial charge in [0, 0.05) is 0 Å². The summed E-state index contributed by atoms with van der Waals surface area (Å²) < 4.78 is 38.9. The minimum atomic E-state index is -4.40. The van der Waals surface area contributed by atoms with Crippen molar-refractivity contribution in [2.45, 2.75) is 31.9 Å². The van der Waals surface area contributed by atoms with Crippen molar-refractivity contribution in [3.05, 3.63) is 95.1 Å². The predicted molar refractivity (Wildman–Crippen MR) is 136 cm³/mol. The predicted octanol–water partition coefficient (Wildman–Crippen LogP) is 7.67. The molecule has 0 amide bonds. The molecule has 5 rings (SSSR count). The normalized spacial score (nSPS) is 14.8. The minimum Gasteiger partial charge on any atom is -0.478 e. The van der Waals surface area contributed by atoms with E-state index in [9.17, 15) is 23.1 Å². The average molecular weight is 490 g/mol. The van der Waals surface area contributed by atoms with Gasteiger partial charge in [-0.25, -0.2) is 4.79 Å². The Balaban J connectivity index is 1.59. The molecule has 0 unspecified atom stereocenters. The lowest BCUT2D eigenvalue weighted by Gasteiger charge is -2.23. The molecule has 4 aromatic rings. The highest BCUT2D eigenvalue weighted by Crippen LogP contribution is 2.37. The van der Waals surface area contributed by atoms with Crippen LogP contribution < -0.4 is 5.32 Å². The van der Waals surface area contributed by atoms with Crippen LogP contribution >= 0.6 is 0 Å². The number of aromatic carboxylic acids is 1. The highest BCUT2D eigenvalue weighted by molar-refractivity contribution is 6.06. The molecule has 0 spiro atoms. The van der Waals surface area contributed by atoms with Gasteiger partial charge >= 0.3 is 12.1 Å². The topological polar surface area (TPSA) is 49.3 Å². The lowest BCUT2D eigenvalue weighted by molar-refractivity contribution is -0.137. The van der Waals surface area contributed by atoms with Crippen molar-refractivity contribution in [1.82, 2.24) is 5.32 Å². The zero-order valence-corrected chi connectivity index (χ0v) is 19.8. The second-order valence-corrected chi connectivity index (χ2v) is 9.38. The molecular weight excluding hydrogens is 463 g/mol. The first kappa shape index (κ1) is 24.1. The molecule has 6 heteroatoms. The summed E-state index contributed by atoms with van der Waals surface area (Å²) in [6.07, 6.45) is -2.20. The highest BCUT2D eigenvalue weighted by Gasteiger charge is 2.30. The van der Waals surface area contributed by atoms with Crippen LogP contribution in [0.4, 0.5) is 13.2 Å². The number of carboxylic acids is 1. The smallest absolute Gasteiger partial charge is 0.416 e. The highest BCUT2D eigenvalue weighted by atomic mass is 19.4. The van der Waals surface area contributed by atoms with Crippen molar-refractivity contribution in [1.29, 1.82) is 0 Å². The molecule has 3 nitrogen and oxygen atoms in total. The third-order valence-corrected chi connectivity index (χ3v) is 7.21. The molecule has 2 N–H and O–H groups in total. The fourth-order valence-corrected chi connectivity index (χ4v) is 5.15. The van der Waals surface area contributed by atoms with Gasteiger partial charge < -0.3 is 10.4 Å². The molecule has 4 aromatic carbocycles. The van der Waals surface area contributed by atoms with Gasteiger partial charge in [-0.2, -0.15) is 13.2 Å². The second kappa shape index (κ2) is 9.43. The van der Waals surface area contributed by atoms with Crippen molar-refractivity contribution < 1.29 is 23.1 Å². The number of rotatable bonds is 4. The van der Waals surface area contributed by atoms with Gasteiger partial charge in [0.25, 0.3) is 0 Å². The first-order valence-electron chi connectivity index (χ1n) is 12.0. The summed E-state index contributed by atoms with van der Waals surface area (Å²) >= 11 is 0. The molecule has 0 aromatic heterocycles. The van der Waals surface area contributed by atoms with Crippen LogP contribution in [0, 0.1) is 6.92 Å². The molecular formula is C30H26F3NO2. The van der Waals surface area contributed by atoms with Gasteiger partial charge in [-0.05, 0) is 107 Å². The maximum atomic E-state index is 13.0. The SMILES string of the molecule is Cc1c(C(=O)O)cc(-c2ccc(C3CCNCC3)cc2)c2ccc(-c3ccc(C(F)(F)F)cc3)cc12. The largest absolute Gasteiger partial charge is 0.478 e. The van der Waals surface area contributed by atoms with Gasteiger partial charge in [0.15, 0.2) is 0 Å². The Morgan fingerprint density at radius 1 is 0.833 bits per heavy atom. The fraction of sp³-hybridized carbons (Fsp3) is 0.233. The summed E-state index contributed by atoms with van der Waals surface area (Å²) in [5, 5.41) is 14.9. The monoisotopic (exact) mass is 489 g/mol. The molecule has 0 bridgehead atoms. The zero-order valence-electron chi connectivity index (χ0n) is 19.8. The fourth-order valence-electron chi connectivity index (χ4n) is 5.15. The van der Waals surface area contributed by atoms with Crippen molar-refractivity contribution in [2.75, 3.05) is 13.1 Å². The van der Waals surface area contributed by atoms with Crippen molar-refractivity contribution in [3.63, 3.8) is 0 Å². The number of piperidine rings is 1. The van der Waals surface area contributed by atoms with Crippen LogP contribution in [-0.4, -0.2) is 24.2 Å². The van der Waals surface area contributed by atoms with E-state index in [1.807, 2.05) is 18.2 Å². The Hall–Kier alpha value is -3.64. The number of hydrogen-bond donors (Lipinski definition) is 2. The quantitative estimate of drug-likeness (QED) is 0.309. The van der Waals surface area contributed by atoms with Crippen molar-refractivity contribution >= 4 is 16.7 Å². The van der Waals surface area contributed by atoms with Gasteiger partial charge in [-0.3, -0.25) is 0 Å². The first-order chi connectivity index (χ1) is 17.2. The van der Waals surface area contributed by atoms with Crippen LogP contribution in [0.25, 0.3) is 33.0 Å². The maximum absolute atomic E-state index is 13.0. The third kappa shape index (κ3) is 4.61. The molecule has 1 aliphatic rings. The van der Waals surface area contributed by atoms with Gasteiger partial charge in [-0.15, -0.1) is 0 Å². The van der Waals surface area contributed by atoms with Crippen LogP contribution in [0.5, 0.6) is 0 Å². The summed E-state index contributed by atoms with van der Waals surface area (Å²) in [5.41, 5.74) is 4.55. The zero-order chi connectivity index (χ0) is 25.4. The van der Waals surface area contributed by atoms with E-state index in [2.05, 4.69) is 29.6 Å². The number of fused-ring (bicyclic) bond motifs is 1.